The van der Waals surface area contributed by atoms with Crippen LogP contribution in [0.3, 0.4) is 0 Å². The van der Waals surface area contributed by atoms with E-state index in [2.05, 4.69) is 25.2 Å². The summed E-state index contributed by atoms with van der Waals surface area (Å²) in [6.07, 6.45) is 13.2. The summed E-state index contributed by atoms with van der Waals surface area (Å²) in [6, 6.07) is 0. The number of carboxylic acids is 1. The fraction of sp³-hybridized carbons (Fsp3) is 0.722. The van der Waals surface area contributed by atoms with Gasteiger partial charge in [-0.3, -0.25) is 4.79 Å². The minimum Gasteiger partial charge on any atom is -0.481 e. The molecule has 23 heavy (non-hydrogen) atoms. The van der Waals surface area contributed by atoms with Gasteiger partial charge in [0.15, 0.2) is 0 Å². The van der Waals surface area contributed by atoms with Gasteiger partial charge in [0.1, 0.15) is 6.10 Å². The van der Waals surface area contributed by atoms with Crippen molar-refractivity contribution in [1.82, 2.24) is 0 Å². The Balaban J connectivity index is 1.81. The standard InChI is InChI=1S/C18H28O5/c1-2-7-13(19)10-11-15-14(16-12-17(15)23-22-16)8-5-3-4-6-9-18(20)21/h3,5,10-11,13-17,19H,2,4,6-9,12H2,1H3,(H,20,21)/b5-3-,11-10+/t13-,14+,15+,16?,17?/m0/s1. The Morgan fingerprint density at radius 2 is 2.09 bits per heavy atom. The molecule has 2 fully saturated rings. The molecule has 5 heteroatoms. The highest BCUT2D eigenvalue weighted by Gasteiger charge is 2.49. The predicted molar refractivity (Wildman–Crippen MR) is 86.6 cm³/mol. The molecule has 0 aromatic carbocycles. The van der Waals surface area contributed by atoms with Crippen molar-refractivity contribution in [3.8, 4) is 0 Å². The SMILES string of the molecule is CCC[C@H](O)/C=C/[C@H]1C2CC(OO2)[C@@H]1C/C=C\CCCC(=O)O. The number of aliphatic hydroxyl groups excluding tert-OH is 1. The zero-order valence-electron chi connectivity index (χ0n) is 13.8. The topological polar surface area (TPSA) is 76.0 Å². The van der Waals surface area contributed by atoms with Crippen LogP contribution in [0.4, 0.5) is 0 Å². The number of aliphatic hydroxyl groups is 1. The second-order valence-electron chi connectivity index (χ2n) is 6.48. The summed E-state index contributed by atoms with van der Waals surface area (Å²) < 4.78 is 0. The number of hydrogen-bond donors (Lipinski definition) is 2. The van der Waals surface area contributed by atoms with E-state index in [1.165, 1.54) is 0 Å². The van der Waals surface area contributed by atoms with E-state index < -0.39 is 5.97 Å². The molecule has 2 N–H and O–H groups in total. The molecule has 1 saturated carbocycles. The maximum Gasteiger partial charge on any atom is 0.303 e. The molecule has 2 unspecified atom stereocenters. The molecule has 1 aliphatic carbocycles. The molecule has 2 aliphatic rings. The maximum atomic E-state index is 10.5. The Hall–Kier alpha value is -1.17. The third kappa shape index (κ3) is 5.44. The molecule has 0 amide bonds. The zero-order valence-corrected chi connectivity index (χ0v) is 13.8. The highest BCUT2D eigenvalue weighted by Crippen LogP contribution is 2.44. The molecule has 0 aromatic heterocycles. The Bertz CT molecular complexity index is 431. The first kappa shape index (κ1) is 18.2. The van der Waals surface area contributed by atoms with E-state index in [0.717, 1.165) is 32.1 Å². The first-order chi connectivity index (χ1) is 11.1. The average Bonchev–Trinajstić information content (AvgIpc) is 3.10. The Kier molecular flexibility index (Phi) is 7.27. The summed E-state index contributed by atoms with van der Waals surface area (Å²) in [6.45, 7) is 2.06. The number of carboxylic acid groups (broad SMARTS) is 1. The quantitative estimate of drug-likeness (QED) is 0.366. The number of fused-ring (bicyclic) bond motifs is 2. The Labute approximate surface area is 137 Å². The van der Waals surface area contributed by atoms with Crippen LogP contribution in [-0.2, 0) is 14.6 Å². The lowest BCUT2D eigenvalue weighted by Crippen LogP contribution is -2.28. The molecule has 0 radical (unpaired) electrons. The van der Waals surface area contributed by atoms with Crippen molar-refractivity contribution in [3.63, 3.8) is 0 Å². The summed E-state index contributed by atoms with van der Waals surface area (Å²) in [7, 11) is 0. The van der Waals surface area contributed by atoms with E-state index in [0.29, 0.717) is 12.3 Å². The van der Waals surface area contributed by atoms with Crippen LogP contribution in [0.5, 0.6) is 0 Å². The number of hydrogen-bond acceptors (Lipinski definition) is 4. The van der Waals surface area contributed by atoms with Crippen molar-refractivity contribution in [2.75, 3.05) is 0 Å². The van der Waals surface area contributed by atoms with Gasteiger partial charge in [-0.05, 0) is 25.7 Å². The molecule has 5 atom stereocenters. The van der Waals surface area contributed by atoms with E-state index in [1.807, 2.05) is 6.08 Å². The van der Waals surface area contributed by atoms with E-state index in [-0.39, 0.29) is 30.7 Å². The number of unbranched alkanes of at least 4 members (excludes halogenated alkanes) is 1. The van der Waals surface area contributed by atoms with Gasteiger partial charge in [0.05, 0.1) is 12.2 Å². The lowest BCUT2D eigenvalue weighted by molar-refractivity contribution is -0.336. The fourth-order valence-electron chi connectivity index (χ4n) is 3.41. The van der Waals surface area contributed by atoms with Crippen LogP contribution in [-0.4, -0.2) is 34.5 Å². The van der Waals surface area contributed by atoms with Gasteiger partial charge in [-0.25, -0.2) is 9.78 Å². The third-order valence-corrected chi connectivity index (χ3v) is 4.64. The Morgan fingerprint density at radius 1 is 1.30 bits per heavy atom. The van der Waals surface area contributed by atoms with Crippen LogP contribution in [0, 0.1) is 11.8 Å². The summed E-state index contributed by atoms with van der Waals surface area (Å²) in [5.41, 5.74) is 0. The molecule has 1 heterocycles. The number of carbonyl (C=O) groups is 1. The third-order valence-electron chi connectivity index (χ3n) is 4.64. The van der Waals surface area contributed by atoms with E-state index in [9.17, 15) is 9.90 Å². The molecule has 2 bridgehead atoms. The van der Waals surface area contributed by atoms with Crippen molar-refractivity contribution in [2.45, 2.75) is 70.2 Å². The summed E-state index contributed by atoms with van der Waals surface area (Å²) in [5, 5.41) is 18.5. The molecule has 1 aliphatic heterocycles. The van der Waals surface area contributed by atoms with Crippen molar-refractivity contribution in [3.05, 3.63) is 24.3 Å². The van der Waals surface area contributed by atoms with Crippen LogP contribution in [0.2, 0.25) is 0 Å². The van der Waals surface area contributed by atoms with Crippen molar-refractivity contribution >= 4 is 5.97 Å². The second-order valence-corrected chi connectivity index (χ2v) is 6.48. The average molecular weight is 324 g/mol. The highest BCUT2D eigenvalue weighted by molar-refractivity contribution is 5.66. The van der Waals surface area contributed by atoms with Crippen molar-refractivity contribution < 1.29 is 24.8 Å². The minimum atomic E-state index is -0.743. The van der Waals surface area contributed by atoms with Crippen LogP contribution >= 0.6 is 0 Å². The second kappa shape index (κ2) is 9.21. The van der Waals surface area contributed by atoms with Gasteiger partial charge in [-0.15, -0.1) is 0 Å². The number of aliphatic carboxylic acids is 1. The van der Waals surface area contributed by atoms with Gasteiger partial charge in [-0.1, -0.05) is 37.6 Å². The van der Waals surface area contributed by atoms with E-state index in [1.54, 1.807) is 0 Å². The van der Waals surface area contributed by atoms with Gasteiger partial charge < -0.3 is 10.2 Å². The first-order valence-corrected chi connectivity index (χ1v) is 8.67. The van der Waals surface area contributed by atoms with E-state index in [4.69, 9.17) is 14.9 Å². The minimum absolute atomic E-state index is 0.0930. The maximum absolute atomic E-state index is 10.5. The first-order valence-electron chi connectivity index (χ1n) is 8.67. The van der Waals surface area contributed by atoms with Gasteiger partial charge >= 0.3 is 5.97 Å². The molecule has 0 aromatic rings. The van der Waals surface area contributed by atoms with Crippen LogP contribution in [0.1, 0.15) is 51.9 Å². The summed E-state index contributed by atoms with van der Waals surface area (Å²) in [4.78, 5) is 21.1. The van der Waals surface area contributed by atoms with E-state index >= 15 is 0 Å². The normalized spacial score (nSPS) is 31.4. The van der Waals surface area contributed by atoms with Gasteiger partial charge in [0, 0.05) is 24.7 Å². The molecular weight excluding hydrogens is 296 g/mol. The Morgan fingerprint density at radius 3 is 2.83 bits per heavy atom. The molecule has 1 saturated heterocycles. The number of rotatable bonds is 10. The van der Waals surface area contributed by atoms with Crippen LogP contribution in [0.15, 0.2) is 24.3 Å². The smallest absolute Gasteiger partial charge is 0.303 e. The summed E-state index contributed by atoms with van der Waals surface area (Å²) >= 11 is 0. The lowest BCUT2D eigenvalue weighted by atomic mass is 9.89. The molecular formula is C18H28O5. The molecule has 2 rings (SSSR count). The molecule has 5 nitrogen and oxygen atoms in total. The fourth-order valence-corrected chi connectivity index (χ4v) is 3.41. The van der Waals surface area contributed by atoms with Gasteiger partial charge in [-0.2, -0.15) is 0 Å². The highest BCUT2D eigenvalue weighted by atomic mass is 17.2. The largest absolute Gasteiger partial charge is 0.481 e. The monoisotopic (exact) mass is 324 g/mol. The van der Waals surface area contributed by atoms with Gasteiger partial charge in [0.25, 0.3) is 0 Å². The van der Waals surface area contributed by atoms with Crippen LogP contribution in [0.25, 0.3) is 0 Å². The lowest BCUT2D eigenvalue weighted by Gasteiger charge is -2.27. The van der Waals surface area contributed by atoms with Crippen molar-refractivity contribution in [1.29, 1.82) is 0 Å². The van der Waals surface area contributed by atoms with Gasteiger partial charge in [0.2, 0.25) is 0 Å². The van der Waals surface area contributed by atoms with Crippen molar-refractivity contribution in [2.24, 2.45) is 11.8 Å². The predicted octanol–water partition coefficient (Wildman–Crippen LogP) is 3.24. The van der Waals surface area contributed by atoms with Crippen LogP contribution < -0.4 is 0 Å². The summed E-state index contributed by atoms with van der Waals surface area (Å²) in [5.74, 6) is -0.0913. The zero-order chi connectivity index (χ0) is 16.7. The number of allylic oxidation sites excluding steroid dienone is 2. The molecule has 130 valence electrons. The molecule has 0 spiro atoms.